The molecular formula is C5H8ClNO4S. The van der Waals surface area contributed by atoms with Gasteiger partial charge < -0.3 is 4.90 Å². The molecule has 7 heteroatoms. The topological polar surface area (TPSA) is 74.7 Å². The van der Waals surface area contributed by atoms with Crippen LogP contribution in [-0.4, -0.2) is 35.2 Å². The van der Waals surface area contributed by atoms with Gasteiger partial charge in [0.2, 0.25) is 0 Å². The van der Waals surface area contributed by atoms with E-state index in [1.165, 1.54) is 0 Å². The Kier molecular flexibility index (Phi) is 2.60. The Morgan fingerprint density at radius 3 is 2.50 bits per heavy atom. The van der Waals surface area contributed by atoms with E-state index in [0.717, 1.165) is 4.90 Å². The molecule has 1 fully saturated rings. The lowest BCUT2D eigenvalue weighted by Crippen LogP contribution is -2.37. The second kappa shape index (κ2) is 3.20. The van der Waals surface area contributed by atoms with E-state index in [2.05, 4.69) is 0 Å². The third-order valence-corrected chi connectivity index (χ3v) is 3.16. The minimum atomic E-state index is -4.18. The number of likely N-dealkylation sites (tertiary alicyclic amines) is 1. The molecule has 70 valence electrons. The fourth-order valence-corrected chi connectivity index (χ4v) is 2.49. The minimum absolute atomic E-state index is 0.247. The highest BCUT2D eigenvalue weighted by molar-refractivity contribution is 7.86. The van der Waals surface area contributed by atoms with E-state index in [1.807, 2.05) is 0 Å². The van der Waals surface area contributed by atoms with Gasteiger partial charge in [-0.25, -0.2) is 0 Å². The van der Waals surface area contributed by atoms with Crippen LogP contribution in [0.3, 0.4) is 0 Å². The highest BCUT2D eigenvalue weighted by atomic mass is 35.5. The molecule has 1 unspecified atom stereocenters. The predicted molar refractivity (Wildman–Crippen MR) is 42.5 cm³/mol. The molecule has 0 aliphatic carbocycles. The van der Waals surface area contributed by atoms with Crippen molar-refractivity contribution in [1.82, 2.24) is 4.90 Å². The van der Waals surface area contributed by atoms with Crippen LogP contribution in [0.15, 0.2) is 0 Å². The van der Waals surface area contributed by atoms with E-state index in [9.17, 15) is 13.2 Å². The van der Waals surface area contributed by atoms with Crippen LogP contribution in [0.5, 0.6) is 0 Å². The molecule has 1 aliphatic heterocycles. The molecule has 1 heterocycles. The van der Waals surface area contributed by atoms with Crippen LogP contribution < -0.4 is 0 Å². The van der Waals surface area contributed by atoms with Gasteiger partial charge >= 0.3 is 5.37 Å². The van der Waals surface area contributed by atoms with E-state index in [1.54, 1.807) is 0 Å². The molecule has 1 rings (SSSR count). The average molecular weight is 214 g/mol. The molecule has 1 N–H and O–H groups in total. The van der Waals surface area contributed by atoms with Crippen LogP contribution in [0.4, 0.5) is 4.79 Å². The molecule has 1 atom stereocenters. The first kappa shape index (κ1) is 9.76. The lowest BCUT2D eigenvalue weighted by molar-refractivity contribution is 0.225. The monoisotopic (exact) mass is 213 g/mol. The number of hydrogen-bond acceptors (Lipinski definition) is 3. The number of carbonyl (C=O) groups excluding carboxylic acids is 1. The Bertz CT molecular complexity index is 288. The van der Waals surface area contributed by atoms with Crippen LogP contribution in [0.25, 0.3) is 0 Å². The van der Waals surface area contributed by atoms with Gasteiger partial charge in [0.05, 0.1) is 0 Å². The number of halogens is 1. The summed E-state index contributed by atoms with van der Waals surface area (Å²) in [5.41, 5.74) is 0. The zero-order valence-corrected chi connectivity index (χ0v) is 7.68. The van der Waals surface area contributed by atoms with Crippen molar-refractivity contribution in [1.29, 1.82) is 0 Å². The van der Waals surface area contributed by atoms with E-state index in [-0.39, 0.29) is 13.0 Å². The van der Waals surface area contributed by atoms with Gasteiger partial charge in [0.25, 0.3) is 10.1 Å². The molecule has 0 spiro atoms. The SMILES string of the molecule is O=C(Cl)N1CCCC1S(=O)(=O)O. The van der Waals surface area contributed by atoms with Crippen molar-refractivity contribution in [2.24, 2.45) is 0 Å². The Morgan fingerprint density at radius 2 is 2.17 bits per heavy atom. The summed E-state index contributed by atoms with van der Waals surface area (Å²) in [7, 11) is -4.18. The van der Waals surface area contributed by atoms with Gasteiger partial charge in [0.15, 0.2) is 5.37 Å². The highest BCUT2D eigenvalue weighted by Crippen LogP contribution is 2.22. The maximum absolute atomic E-state index is 10.7. The molecule has 0 aromatic heterocycles. The Balaban J connectivity index is 2.85. The normalized spacial score (nSPS) is 24.5. The molecule has 0 aromatic carbocycles. The average Bonchev–Trinajstić information content (AvgIpc) is 2.30. The summed E-state index contributed by atoms with van der Waals surface area (Å²) in [6.07, 6.45) is 0.792. The van der Waals surface area contributed by atoms with Crippen molar-refractivity contribution in [3.63, 3.8) is 0 Å². The molecule has 1 saturated heterocycles. The molecule has 12 heavy (non-hydrogen) atoms. The van der Waals surface area contributed by atoms with Crippen LogP contribution in [0, 0.1) is 0 Å². The first-order valence-electron chi connectivity index (χ1n) is 3.35. The van der Waals surface area contributed by atoms with Crippen LogP contribution >= 0.6 is 11.6 Å². The van der Waals surface area contributed by atoms with Gasteiger partial charge in [-0.05, 0) is 24.4 Å². The lowest BCUT2D eigenvalue weighted by Gasteiger charge is -2.18. The molecule has 0 radical (unpaired) electrons. The Morgan fingerprint density at radius 1 is 1.58 bits per heavy atom. The van der Waals surface area contributed by atoms with Crippen molar-refractivity contribution < 1.29 is 17.8 Å². The third kappa shape index (κ3) is 1.88. The fraction of sp³-hybridized carbons (Fsp3) is 0.800. The smallest absolute Gasteiger partial charge is 0.310 e. The standard InChI is InChI=1S/C5H8ClNO4S/c6-5(8)7-3-1-2-4(7)12(9,10)11/h4H,1-3H2,(H,9,10,11). The molecule has 0 bridgehead atoms. The lowest BCUT2D eigenvalue weighted by atomic mass is 10.4. The fourth-order valence-electron chi connectivity index (χ4n) is 1.25. The maximum Gasteiger partial charge on any atom is 0.317 e. The number of rotatable bonds is 1. The summed E-state index contributed by atoms with van der Waals surface area (Å²) in [6, 6.07) is 0. The van der Waals surface area contributed by atoms with Gasteiger partial charge in [-0.3, -0.25) is 9.35 Å². The summed E-state index contributed by atoms with van der Waals surface area (Å²) in [4.78, 5) is 11.6. The zero-order chi connectivity index (χ0) is 9.35. The van der Waals surface area contributed by atoms with Crippen molar-refractivity contribution in [3.05, 3.63) is 0 Å². The molecular weight excluding hydrogens is 206 g/mol. The molecule has 1 amide bonds. The molecule has 5 nitrogen and oxygen atoms in total. The van der Waals surface area contributed by atoms with Crippen LogP contribution in [-0.2, 0) is 10.1 Å². The van der Waals surface area contributed by atoms with Gasteiger partial charge in [-0.2, -0.15) is 8.42 Å². The number of hydrogen-bond donors (Lipinski definition) is 1. The molecule has 0 aromatic rings. The van der Waals surface area contributed by atoms with E-state index < -0.39 is 20.9 Å². The van der Waals surface area contributed by atoms with Gasteiger partial charge in [-0.1, -0.05) is 0 Å². The zero-order valence-electron chi connectivity index (χ0n) is 6.10. The van der Waals surface area contributed by atoms with E-state index in [0.29, 0.717) is 6.42 Å². The summed E-state index contributed by atoms with van der Waals surface area (Å²) >= 11 is 5.10. The minimum Gasteiger partial charge on any atom is -0.310 e. The summed E-state index contributed by atoms with van der Waals surface area (Å²) in [6.45, 7) is 0.285. The van der Waals surface area contributed by atoms with Crippen molar-refractivity contribution in [3.8, 4) is 0 Å². The van der Waals surface area contributed by atoms with Crippen molar-refractivity contribution >= 4 is 27.1 Å². The third-order valence-electron chi connectivity index (χ3n) is 1.77. The van der Waals surface area contributed by atoms with Crippen LogP contribution in [0.2, 0.25) is 0 Å². The molecule has 1 aliphatic rings. The largest absolute Gasteiger partial charge is 0.317 e. The van der Waals surface area contributed by atoms with Crippen molar-refractivity contribution in [2.75, 3.05) is 6.54 Å². The first-order chi connectivity index (χ1) is 5.43. The van der Waals surface area contributed by atoms with Gasteiger partial charge in [-0.15, -0.1) is 0 Å². The summed E-state index contributed by atoms with van der Waals surface area (Å²) in [5, 5.41) is -1.99. The summed E-state index contributed by atoms with van der Waals surface area (Å²) in [5.74, 6) is 0. The number of carbonyl (C=O) groups is 1. The van der Waals surface area contributed by atoms with Crippen LogP contribution in [0.1, 0.15) is 12.8 Å². The summed E-state index contributed by atoms with van der Waals surface area (Å²) < 4.78 is 30.0. The van der Waals surface area contributed by atoms with E-state index >= 15 is 0 Å². The van der Waals surface area contributed by atoms with Gasteiger partial charge in [0, 0.05) is 6.54 Å². The maximum atomic E-state index is 10.7. The van der Waals surface area contributed by atoms with Crippen molar-refractivity contribution in [2.45, 2.75) is 18.2 Å². The highest BCUT2D eigenvalue weighted by Gasteiger charge is 2.36. The van der Waals surface area contributed by atoms with Gasteiger partial charge in [0.1, 0.15) is 0 Å². The Labute approximate surface area is 75.0 Å². The number of nitrogens with zero attached hydrogens (tertiary/aromatic N) is 1. The van der Waals surface area contributed by atoms with E-state index in [4.69, 9.17) is 16.2 Å². The quantitative estimate of drug-likeness (QED) is 0.394. The number of amides is 1. The predicted octanol–water partition coefficient (Wildman–Crippen LogP) is 0.655. The first-order valence-corrected chi connectivity index (χ1v) is 5.23. The second-order valence-electron chi connectivity index (χ2n) is 2.56. The molecule has 0 saturated carbocycles. The Hall–Kier alpha value is -0.330. The second-order valence-corrected chi connectivity index (χ2v) is 4.46.